The van der Waals surface area contributed by atoms with Crippen molar-refractivity contribution in [1.29, 1.82) is 5.26 Å². The maximum atomic E-state index is 11.7. The average molecular weight is 267 g/mol. The lowest BCUT2D eigenvalue weighted by Gasteiger charge is -2.08. The van der Waals surface area contributed by atoms with E-state index in [0.717, 1.165) is 5.56 Å². The lowest BCUT2D eigenvalue weighted by molar-refractivity contribution is 0.251. The lowest BCUT2D eigenvalue weighted by Crippen LogP contribution is -2.28. The number of benzene rings is 2. The van der Waals surface area contributed by atoms with Gasteiger partial charge in [0.15, 0.2) is 0 Å². The first-order valence-electron chi connectivity index (χ1n) is 6.00. The SMILES string of the molecule is N#Cc1cccc(NC(=O)NCc2cccc(O)c2)c1. The van der Waals surface area contributed by atoms with Crippen LogP contribution in [-0.2, 0) is 6.54 Å². The molecule has 2 aromatic rings. The van der Waals surface area contributed by atoms with Crippen LogP contribution in [0.5, 0.6) is 5.75 Å². The maximum Gasteiger partial charge on any atom is 0.319 e. The minimum absolute atomic E-state index is 0.159. The molecule has 0 bridgehead atoms. The number of anilines is 1. The third-order valence-corrected chi connectivity index (χ3v) is 2.61. The number of phenolic OH excluding ortho intramolecular Hbond substituents is 1. The number of nitrogens with zero attached hydrogens (tertiary/aromatic N) is 1. The Morgan fingerprint density at radius 1 is 1.20 bits per heavy atom. The number of aromatic hydroxyl groups is 1. The van der Waals surface area contributed by atoms with Gasteiger partial charge in [0, 0.05) is 12.2 Å². The van der Waals surface area contributed by atoms with E-state index in [1.807, 2.05) is 6.07 Å². The molecule has 0 aliphatic heterocycles. The average Bonchev–Trinajstić information content (AvgIpc) is 2.45. The number of rotatable bonds is 3. The zero-order valence-corrected chi connectivity index (χ0v) is 10.6. The van der Waals surface area contributed by atoms with E-state index in [1.54, 1.807) is 48.5 Å². The van der Waals surface area contributed by atoms with E-state index in [9.17, 15) is 9.90 Å². The molecule has 0 spiro atoms. The number of carbonyl (C=O) groups is 1. The van der Waals surface area contributed by atoms with Crippen molar-refractivity contribution in [1.82, 2.24) is 5.32 Å². The summed E-state index contributed by atoms with van der Waals surface area (Å²) in [6.45, 7) is 0.304. The Bertz CT molecular complexity index is 662. The molecule has 100 valence electrons. The van der Waals surface area contributed by atoms with Crippen molar-refractivity contribution in [3.05, 3.63) is 59.7 Å². The Balaban J connectivity index is 1.91. The minimum Gasteiger partial charge on any atom is -0.508 e. The Labute approximate surface area is 116 Å². The van der Waals surface area contributed by atoms with Gasteiger partial charge in [-0.2, -0.15) is 5.26 Å². The molecular weight excluding hydrogens is 254 g/mol. The molecule has 0 fully saturated rings. The van der Waals surface area contributed by atoms with Crippen LogP contribution in [0.25, 0.3) is 0 Å². The van der Waals surface area contributed by atoms with E-state index < -0.39 is 0 Å². The Morgan fingerprint density at radius 2 is 2.00 bits per heavy atom. The summed E-state index contributed by atoms with van der Waals surface area (Å²) in [6.07, 6.45) is 0. The van der Waals surface area contributed by atoms with E-state index in [0.29, 0.717) is 17.8 Å². The van der Waals surface area contributed by atoms with Crippen molar-refractivity contribution in [3.8, 4) is 11.8 Å². The Morgan fingerprint density at radius 3 is 2.75 bits per heavy atom. The van der Waals surface area contributed by atoms with Crippen molar-refractivity contribution >= 4 is 11.7 Å². The largest absolute Gasteiger partial charge is 0.508 e. The molecule has 0 saturated heterocycles. The summed E-state index contributed by atoms with van der Waals surface area (Å²) in [5.74, 6) is 0.159. The number of urea groups is 1. The van der Waals surface area contributed by atoms with Gasteiger partial charge in [0.2, 0.25) is 0 Å². The second kappa shape index (κ2) is 6.25. The number of hydrogen-bond donors (Lipinski definition) is 3. The van der Waals surface area contributed by atoms with Gasteiger partial charge in [0.1, 0.15) is 5.75 Å². The van der Waals surface area contributed by atoms with E-state index in [-0.39, 0.29) is 11.8 Å². The Kier molecular flexibility index (Phi) is 4.20. The molecule has 3 N–H and O–H groups in total. The fourth-order valence-corrected chi connectivity index (χ4v) is 1.69. The number of amides is 2. The summed E-state index contributed by atoms with van der Waals surface area (Å²) in [5, 5.41) is 23.4. The summed E-state index contributed by atoms with van der Waals surface area (Å²) in [6, 6.07) is 14.9. The topological polar surface area (TPSA) is 85.2 Å². The van der Waals surface area contributed by atoms with Gasteiger partial charge in [-0.3, -0.25) is 0 Å². The van der Waals surface area contributed by atoms with Crippen LogP contribution >= 0.6 is 0 Å². The van der Waals surface area contributed by atoms with Crippen molar-refractivity contribution in [2.45, 2.75) is 6.54 Å². The van der Waals surface area contributed by atoms with E-state index >= 15 is 0 Å². The van der Waals surface area contributed by atoms with E-state index in [2.05, 4.69) is 10.6 Å². The summed E-state index contributed by atoms with van der Waals surface area (Å²) >= 11 is 0. The molecule has 0 aliphatic carbocycles. The molecule has 5 heteroatoms. The maximum absolute atomic E-state index is 11.7. The van der Waals surface area contributed by atoms with E-state index in [4.69, 9.17) is 5.26 Å². The van der Waals surface area contributed by atoms with Crippen molar-refractivity contribution in [3.63, 3.8) is 0 Å². The first-order chi connectivity index (χ1) is 9.67. The number of carbonyl (C=O) groups excluding carboxylic acids is 1. The molecule has 2 amide bonds. The molecule has 0 radical (unpaired) electrons. The van der Waals surface area contributed by atoms with Gasteiger partial charge in [-0.1, -0.05) is 18.2 Å². The first kappa shape index (κ1) is 13.4. The molecule has 0 saturated carbocycles. The molecule has 20 heavy (non-hydrogen) atoms. The van der Waals surface area contributed by atoms with Crippen LogP contribution < -0.4 is 10.6 Å². The highest BCUT2D eigenvalue weighted by atomic mass is 16.3. The second-order valence-electron chi connectivity index (χ2n) is 4.17. The van der Waals surface area contributed by atoms with Crippen LogP contribution in [0.3, 0.4) is 0 Å². The number of phenols is 1. The summed E-state index contributed by atoms with van der Waals surface area (Å²) < 4.78 is 0. The molecule has 0 aliphatic rings. The van der Waals surface area contributed by atoms with Gasteiger partial charge >= 0.3 is 6.03 Å². The molecule has 5 nitrogen and oxygen atoms in total. The monoisotopic (exact) mass is 267 g/mol. The van der Waals surface area contributed by atoms with Crippen LogP contribution in [0, 0.1) is 11.3 Å². The smallest absolute Gasteiger partial charge is 0.319 e. The zero-order chi connectivity index (χ0) is 14.4. The standard InChI is InChI=1S/C15H13N3O2/c16-9-11-3-1-5-13(7-11)18-15(20)17-10-12-4-2-6-14(19)8-12/h1-8,19H,10H2,(H2,17,18,20). The number of nitrogens with one attached hydrogen (secondary N) is 2. The summed E-state index contributed by atoms with van der Waals surface area (Å²) in [5.41, 5.74) is 1.83. The number of hydrogen-bond acceptors (Lipinski definition) is 3. The van der Waals surface area contributed by atoms with Crippen molar-refractivity contribution in [2.24, 2.45) is 0 Å². The van der Waals surface area contributed by atoms with Gasteiger partial charge in [-0.25, -0.2) is 4.79 Å². The van der Waals surface area contributed by atoms with Gasteiger partial charge in [0.05, 0.1) is 11.6 Å². The van der Waals surface area contributed by atoms with Crippen LogP contribution in [0.1, 0.15) is 11.1 Å². The van der Waals surface area contributed by atoms with Crippen molar-refractivity contribution in [2.75, 3.05) is 5.32 Å². The third kappa shape index (κ3) is 3.75. The Hall–Kier alpha value is -3.00. The highest BCUT2D eigenvalue weighted by Crippen LogP contribution is 2.11. The molecular formula is C15H13N3O2. The van der Waals surface area contributed by atoms with Crippen LogP contribution in [-0.4, -0.2) is 11.1 Å². The van der Waals surface area contributed by atoms with Gasteiger partial charge in [-0.05, 0) is 35.9 Å². The van der Waals surface area contributed by atoms with Crippen LogP contribution in [0.15, 0.2) is 48.5 Å². The fourth-order valence-electron chi connectivity index (χ4n) is 1.69. The predicted molar refractivity (Wildman–Crippen MR) is 75.1 cm³/mol. The lowest BCUT2D eigenvalue weighted by atomic mass is 10.2. The minimum atomic E-state index is -0.372. The summed E-state index contributed by atoms with van der Waals surface area (Å²) in [4.78, 5) is 11.7. The third-order valence-electron chi connectivity index (χ3n) is 2.61. The molecule has 2 aromatic carbocycles. The molecule has 0 atom stereocenters. The van der Waals surface area contributed by atoms with Crippen LogP contribution in [0.2, 0.25) is 0 Å². The zero-order valence-electron chi connectivity index (χ0n) is 10.6. The quantitative estimate of drug-likeness (QED) is 0.799. The fraction of sp³-hybridized carbons (Fsp3) is 0.0667. The van der Waals surface area contributed by atoms with Crippen molar-refractivity contribution < 1.29 is 9.90 Å². The molecule has 0 aromatic heterocycles. The summed E-state index contributed by atoms with van der Waals surface area (Å²) in [7, 11) is 0. The highest BCUT2D eigenvalue weighted by molar-refractivity contribution is 5.89. The molecule has 2 rings (SSSR count). The predicted octanol–water partition coefficient (Wildman–Crippen LogP) is 2.59. The molecule has 0 heterocycles. The molecule has 0 unspecified atom stereocenters. The van der Waals surface area contributed by atoms with Crippen LogP contribution in [0.4, 0.5) is 10.5 Å². The van der Waals surface area contributed by atoms with Gasteiger partial charge in [0.25, 0.3) is 0 Å². The first-order valence-corrected chi connectivity index (χ1v) is 6.00. The van der Waals surface area contributed by atoms with Gasteiger partial charge in [-0.15, -0.1) is 0 Å². The van der Waals surface area contributed by atoms with E-state index in [1.165, 1.54) is 0 Å². The van der Waals surface area contributed by atoms with Gasteiger partial charge < -0.3 is 15.7 Å². The number of nitriles is 1. The second-order valence-corrected chi connectivity index (χ2v) is 4.17. The highest BCUT2D eigenvalue weighted by Gasteiger charge is 2.02. The normalized spacial score (nSPS) is 9.55.